The molecular formula is C19H26N4O3. The molecule has 0 amide bonds. The van der Waals surface area contributed by atoms with E-state index in [0.717, 1.165) is 37.7 Å². The summed E-state index contributed by atoms with van der Waals surface area (Å²) in [5.74, 6) is 2.17. The number of nitrogens with zero attached hydrogens (tertiary/aromatic N) is 4. The molecule has 140 valence electrons. The predicted octanol–water partition coefficient (Wildman–Crippen LogP) is 1.57. The minimum Gasteiger partial charge on any atom is -0.497 e. The SMILES string of the molecule is COc1cccc(CN2CCN(c3nccnc3OC)C[C@@H]2CCO)c1. The van der Waals surface area contributed by atoms with Gasteiger partial charge < -0.3 is 19.5 Å². The highest BCUT2D eigenvalue weighted by Gasteiger charge is 2.29. The second-order valence-electron chi connectivity index (χ2n) is 6.32. The molecule has 0 bridgehead atoms. The normalized spacial score (nSPS) is 18.0. The summed E-state index contributed by atoms with van der Waals surface area (Å²) in [5.41, 5.74) is 1.21. The highest BCUT2D eigenvalue weighted by molar-refractivity contribution is 5.48. The topological polar surface area (TPSA) is 71.0 Å². The van der Waals surface area contributed by atoms with E-state index in [0.29, 0.717) is 12.3 Å². The van der Waals surface area contributed by atoms with Gasteiger partial charge in [0.25, 0.3) is 5.88 Å². The summed E-state index contributed by atoms with van der Waals surface area (Å²) in [5, 5.41) is 9.52. The number of rotatable bonds is 7. The van der Waals surface area contributed by atoms with Crippen molar-refractivity contribution in [3.05, 3.63) is 42.2 Å². The molecule has 1 atom stereocenters. The predicted molar refractivity (Wildman–Crippen MR) is 99.7 cm³/mol. The van der Waals surface area contributed by atoms with Crippen LogP contribution in [-0.2, 0) is 6.54 Å². The van der Waals surface area contributed by atoms with Gasteiger partial charge >= 0.3 is 0 Å². The molecule has 0 saturated carbocycles. The maximum atomic E-state index is 9.52. The van der Waals surface area contributed by atoms with Gasteiger partial charge in [0.1, 0.15) is 5.75 Å². The fourth-order valence-corrected chi connectivity index (χ4v) is 3.40. The van der Waals surface area contributed by atoms with Crippen LogP contribution in [0.2, 0.25) is 0 Å². The summed E-state index contributed by atoms with van der Waals surface area (Å²) in [7, 11) is 3.29. The Labute approximate surface area is 154 Å². The quantitative estimate of drug-likeness (QED) is 0.805. The Kier molecular flexibility index (Phi) is 6.25. The molecule has 7 nitrogen and oxygen atoms in total. The first-order valence-corrected chi connectivity index (χ1v) is 8.83. The van der Waals surface area contributed by atoms with Crippen molar-refractivity contribution in [3.8, 4) is 11.6 Å². The Morgan fingerprint density at radius 1 is 1.15 bits per heavy atom. The Bertz CT molecular complexity index is 713. The summed E-state index contributed by atoms with van der Waals surface area (Å²) in [4.78, 5) is 13.3. The smallest absolute Gasteiger partial charge is 0.257 e. The maximum Gasteiger partial charge on any atom is 0.257 e. The molecule has 3 rings (SSSR count). The van der Waals surface area contributed by atoms with Crippen LogP contribution in [0.3, 0.4) is 0 Å². The number of aliphatic hydroxyl groups is 1. The fourth-order valence-electron chi connectivity index (χ4n) is 3.40. The molecule has 0 radical (unpaired) electrons. The highest BCUT2D eigenvalue weighted by atomic mass is 16.5. The average Bonchev–Trinajstić information content (AvgIpc) is 2.69. The van der Waals surface area contributed by atoms with Crippen molar-refractivity contribution >= 4 is 5.82 Å². The zero-order valence-corrected chi connectivity index (χ0v) is 15.3. The van der Waals surface area contributed by atoms with Crippen molar-refractivity contribution in [2.75, 3.05) is 45.4 Å². The van der Waals surface area contributed by atoms with Gasteiger partial charge in [-0.15, -0.1) is 0 Å². The molecular weight excluding hydrogens is 332 g/mol. The van der Waals surface area contributed by atoms with Crippen LogP contribution < -0.4 is 14.4 Å². The molecule has 7 heteroatoms. The second kappa shape index (κ2) is 8.82. The third kappa shape index (κ3) is 4.23. The summed E-state index contributed by atoms with van der Waals surface area (Å²) in [6.45, 7) is 3.47. The lowest BCUT2D eigenvalue weighted by molar-refractivity contribution is 0.135. The van der Waals surface area contributed by atoms with Crippen molar-refractivity contribution < 1.29 is 14.6 Å². The van der Waals surface area contributed by atoms with E-state index in [4.69, 9.17) is 9.47 Å². The number of methoxy groups -OCH3 is 2. The third-order valence-corrected chi connectivity index (χ3v) is 4.73. The van der Waals surface area contributed by atoms with Gasteiger partial charge in [-0.05, 0) is 24.1 Å². The van der Waals surface area contributed by atoms with Crippen molar-refractivity contribution in [2.24, 2.45) is 0 Å². The number of hydrogen-bond donors (Lipinski definition) is 1. The molecule has 1 saturated heterocycles. The zero-order chi connectivity index (χ0) is 18.4. The van der Waals surface area contributed by atoms with Gasteiger partial charge in [-0.25, -0.2) is 9.97 Å². The maximum absolute atomic E-state index is 9.52. The molecule has 0 spiro atoms. The van der Waals surface area contributed by atoms with Crippen LogP contribution in [0.5, 0.6) is 11.6 Å². The Balaban J connectivity index is 1.73. The summed E-state index contributed by atoms with van der Waals surface area (Å²) in [6.07, 6.45) is 4.02. The molecule has 1 aliphatic heterocycles. The van der Waals surface area contributed by atoms with Crippen LogP contribution in [0.4, 0.5) is 5.82 Å². The molecule has 1 fully saturated rings. The average molecular weight is 358 g/mol. The van der Waals surface area contributed by atoms with Gasteiger partial charge in [-0.3, -0.25) is 4.90 Å². The summed E-state index contributed by atoms with van der Waals surface area (Å²) < 4.78 is 10.7. The highest BCUT2D eigenvalue weighted by Crippen LogP contribution is 2.26. The van der Waals surface area contributed by atoms with Crippen LogP contribution >= 0.6 is 0 Å². The largest absolute Gasteiger partial charge is 0.497 e. The molecule has 0 unspecified atom stereocenters. The minimum atomic E-state index is 0.157. The Morgan fingerprint density at radius 3 is 2.77 bits per heavy atom. The second-order valence-corrected chi connectivity index (χ2v) is 6.32. The lowest BCUT2D eigenvalue weighted by Gasteiger charge is -2.42. The number of anilines is 1. The molecule has 1 N–H and O–H groups in total. The lowest BCUT2D eigenvalue weighted by Crippen LogP contribution is -2.53. The van der Waals surface area contributed by atoms with Gasteiger partial charge in [0.15, 0.2) is 5.82 Å². The summed E-state index contributed by atoms with van der Waals surface area (Å²) >= 11 is 0. The van der Waals surface area contributed by atoms with Gasteiger partial charge in [-0.1, -0.05) is 12.1 Å². The first-order valence-electron chi connectivity index (χ1n) is 8.83. The lowest BCUT2D eigenvalue weighted by atomic mass is 10.1. The first kappa shape index (κ1) is 18.4. The standard InChI is InChI=1S/C19H26N4O3/c1-25-17-5-3-4-15(12-17)13-22-9-10-23(14-16(22)6-11-24)18-19(26-2)21-8-7-20-18/h3-5,7-8,12,16,24H,6,9-11,13-14H2,1-2H3/t16-/m0/s1. The van der Waals surface area contributed by atoms with E-state index >= 15 is 0 Å². The molecule has 1 aromatic heterocycles. The Morgan fingerprint density at radius 2 is 2.00 bits per heavy atom. The van der Waals surface area contributed by atoms with E-state index in [2.05, 4.69) is 31.9 Å². The van der Waals surface area contributed by atoms with Crippen molar-refractivity contribution in [1.82, 2.24) is 14.9 Å². The van der Waals surface area contributed by atoms with E-state index in [9.17, 15) is 5.11 Å². The summed E-state index contributed by atoms with van der Waals surface area (Å²) in [6, 6.07) is 8.36. The zero-order valence-electron chi connectivity index (χ0n) is 15.3. The minimum absolute atomic E-state index is 0.157. The van der Waals surface area contributed by atoms with Crippen LogP contribution in [0.15, 0.2) is 36.7 Å². The van der Waals surface area contributed by atoms with E-state index in [1.165, 1.54) is 5.56 Å². The number of aliphatic hydroxyl groups excluding tert-OH is 1. The molecule has 0 aliphatic carbocycles. The molecule has 1 aliphatic rings. The molecule has 1 aromatic carbocycles. The van der Waals surface area contributed by atoms with Crippen LogP contribution in [0, 0.1) is 0 Å². The van der Waals surface area contributed by atoms with Crippen LogP contribution in [0.25, 0.3) is 0 Å². The number of ether oxygens (including phenoxy) is 2. The van der Waals surface area contributed by atoms with E-state index < -0.39 is 0 Å². The van der Waals surface area contributed by atoms with Crippen molar-refractivity contribution in [3.63, 3.8) is 0 Å². The van der Waals surface area contributed by atoms with Gasteiger partial charge in [0.05, 0.1) is 14.2 Å². The van der Waals surface area contributed by atoms with Crippen molar-refractivity contribution in [2.45, 2.75) is 19.0 Å². The fraction of sp³-hybridized carbons (Fsp3) is 0.474. The molecule has 2 aromatic rings. The van der Waals surface area contributed by atoms with Crippen LogP contribution in [0.1, 0.15) is 12.0 Å². The monoisotopic (exact) mass is 358 g/mol. The van der Waals surface area contributed by atoms with E-state index in [-0.39, 0.29) is 12.6 Å². The number of piperazine rings is 1. The van der Waals surface area contributed by atoms with Crippen LogP contribution in [-0.4, -0.2) is 66.5 Å². The van der Waals surface area contributed by atoms with Gasteiger partial charge in [0, 0.05) is 51.2 Å². The number of aromatic nitrogens is 2. The number of benzene rings is 1. The van der Waals surface area contributed by atoms with E-state index in [1.54, 1.807) is 26.6 Å². The third-order valence-electron chi connectivity index (χ3n) is 4.73. The Hall–Kier alpha value is -2.38. The molecule has 26 heavy (non-hydrogen) atoms. The molecule has 2 heterocycles. The van der Waals surface area contributed by atoms with Crippen molar-refractivity contribution in [1.29, 1.82) is 0 Å². The van der Waals surface area contributed by atoms with E-state index in [1.807, 2.05) is 12.1 Å². The number of hydrogen-bond acceptors (Lipinski definition) is 7. The van der Waals surface area contributed by atoms with Gasteiger partial charge in [0.2, 0.25) is 0 Å². The first-order chi connectivity index (χ1) is 12.7. The van der Waals surface area contributed by atoms with Gasteiger partial charge in [-0.2, -0.15) is 0 Å².